The van der Waals surface area contributed by atoms with E-state index >= 15 is 0 Å². The van der Waals surface area contributed by atoms with Crippen LogP contribution in [-0.4, -0.2) is 35.8 Å². The van der Waals surface area contributed by atoms with Crippen LogP contribution in [0.25, 0.3) is 0 Å². The summed E-state index contributed by atoms with van der Waals surface area (Å²) >= 11 is 0. The molecule has 0 radical (unpaired) electrons. The number of ether oxygens (including phenoxy) is 1. The Bertz CT molecular complexity index is 367. The number of aromatic nitrogens is 1. The summed E-state index contributed by atoms with van der Waals surface area (Å²) in [5.41, 5.74) is 0.0399. The predicted molar refractivity (Wildman–Crippen MR) is 65.3 cm³/mol. The first-order valence-corrected chi connectivity index (χ1v) is 5.61. The summed E-state index contributed by atoms with van der Waals surface area (Å²) in [6.07, 6.45) is 0. The molecule has 0 aliphatic heterocycles. The molecule has 0 atom stereocenters. The summed E-state index contributed by atoms with van der Waals surface area (Å²) in [6, 6.07) is 4.85. The van der Waals surface area contributed by atoms with Crippen LogP contribution in [0.2, 0.25) is 0 Å². The summed E-state index contributed by atoms with van der Waals surface area (Å²) in [6.45, 7) is 6.10. The Morgan fingerprint density at radius 2 is 2.29 bits per heavy atom. The number of hydrogen-bond acceptors (Lipinski definition) is 4. The van der Waals surface area contributed by atoms with Crippen LogP contribution in [0, 0.1) is 5.92 Å². The van der Waals surface area contributed by atoms with Gasteiger partial charge in [-0.3, -0.25) is 0 Å². The van der Waals surface area contributed by atoms with E-state index in [0.717, 1.165) is 6.61 Å². The first kappa shape index (κ1) is 13.4. The highest BCUT2D eigenvalue weighted by Gasteiger charge is 2.04. The molecule has 5 nitrogen and oxygen atoms in total. The van der Waals surface area contributed by atoms with E-state index in [0.29, 0.717) is 24.9 Å². The maximum absolute atomic E-state index is 10.7. The van der Waals surface area contributed by atoms with Gasteiger partial charge in [0.15, 0.2) is 5.69 Å². The third-order valence-electron chi connectivity index (χ3n) is 1.97. The first-order chi connectivity index (χ1) is 8.09. The van der Waals surface area contributed by atoms with E-state index in [9.17, 15) is 4.79 Å². The van der Waals surface area contributed by atoms with E-state index in [1.165, 1.54) is 6.07 Å². The maximum Gasteiger partial charge on any atom is 0.354 e. The zero-order valence-corrected chi connectivity index (χ0v) is 10.1. The van der Waals surface area contributed by atoms with E-state index in [1.54, 1.807) is 12.1 Å². The second kappa shape index (κ2) is 6.85. The second-order valence-corrected chi connectivity index (χ2v) is 4.11. The molecule has 0 saturated heterocycles. The summed E-state index contributed by atoms with van der Waals surface area (Å²) in [5.74, 6) is 0.0474. The minimum atomic E-state index is -1.02. The molecule has 17 heavy (non-hydrogen) atoms. The molecule has 0 aliphatic rings. The zero-order chi connectivity index (χ0) is 12.7. The molecular formula is C12H18N2O3. The molecule has 0 fully saturated rings. The molecule has 0 spiro atoms. The van der Waals surface area contributed by atoms with Gasteiger partial charge < -0.3 is 15.2 Å². The van der Waals surface area contributed by atoms with E-state index in [-0.39, 0.29) is 5.69 Å². The Morgan fingerprint density at radius 3 is 2.94 bits per heavy atom. The number of carboxylic acids is 1. The van der Waals surface area contributed by atoms with E-state index < -0.39 is 5.97 Å². The lowest BCUT2D eigenvalue weighted by atomic mass is 10.2. The van der Waals surface area contributed by atoms with Gasteiger partial charge in [0.1, 0.15) is 5.82 Å². The number of aromatic carboxylic acids is 1. The number of anilines is 1. The summed E-state index contributed by atoms with van der Waals surface area (Å²) in [5, 5.41) is 11.8. The molecule has 2 N–H and O–H groups in total. The van der Waals surface area contributed by atoms with Crippen LogP contribution in [0.1, 0.15) is 24.3 Å². The lowest BCUT2D eigenvalue weighted by Gasteiger charge is -2.08. The van der Waals surface area contributed by atoms with Crippen molar-refractivity contribution in [2.24, 2.45) is 5.92 Å². The molecule has 5 heteroatoms. The lowest BCUT2D eigenvalue weighted by molar-refractivity contribution is 0.0690. The molecule has 0 aliphatic carbocycles. The van der Waals surface area contributed by atoms with Crippen molar-refractivity contribution in [1.29, 1.82) is 0 Å². The van der Waals surface area contributed by atoms with Crippen molar-refractivity contribution in [3.63, 3.8) is 0 Å². The minimum absolute atomic E-state index is 0.0399. The van der Waals surface area contributed by atoms with Gasteiger partial charge in [0.25, 0.3) is 0 Å². The van der Waals surface area contributed by atoms with Gasteiger partial charge in [0, 0.05) is 13.2 Å². The van der Waals surface area contributed by atoms with Gasteiger partial charge in [0.05, 0.1) is 6.61 Å². The molecule has 1 heterocycles. The van der Waals surface area contributed by atoms with Crippen LogP contribution >= 0.6 is 0 Å². The fraction of sp³-hybridized carbons (Fsp3) is 0.500. The van der Waals surface area contributed by atoms with Crippen LogP contribution in [0.5, 0.6) is 0 Å². The molecule has 0 saturated carbocycles. The number of rotatable bonds is 7. The van der Waals surface area contributed by atoms with E-state index in [1.807, 2.05) is 0 Å². The Kier molecular flexibility index (Phi) is 5.42. The van der Waals surface area contributed by atoms with Crippen molar-refractivity contribution in [2.75, 3.05) is 25.1 Å². The van der Waals surface area contributed by atoms with Crippen molar-refractivity contribution in [3.8, 4) is 0 Å². The van der Waals surface area contributed by atoms with Gasteiger partial charge in [-0.1, -0.05) is 19.9 Å². The third-order valence-corrected chi connectivity index (χ3v) is 1.97. The normalized spacial score (nSPS) is 10.5. The highest BCUT2D eigenvalue weighted by atomic mass is 16.5. The van der Waals surface area contributed by atoms with E-state index in [4.69, 9.17) is 9.84 Å². The molecule has 0 amide bonds. The number of hydrogen-bond donors (Lipinski definition) is 2. The van der Waals surface area contributed by atoms with Gasteiger partial charge in [-0.2, -0.15) is 0 Å². The van der Waals surface area contributed by atoms with Crippen molar-refractivity contribution < 1.29 is 14.6 Å². The molecule has 1 aromatic rings. The molecular weight excluding hydrogens is 220 g/mol. The predicted octanol–water partition coefficient (Wildman–Crippen LogP) is 1.86. The summed E-state index contributed by atoms with van der Waals surface area (Å²) in [4.78, 5) is 14.6. The Morgan fingerprint density at radius 1 is 1.53 bits per heavy atom. The smallest absolute Gasteiger partial charge is 0.354 e. The van der Waals surface area contributed by atoms with E-state index in [2.05, 4.69) is 24.1 Å². The van der Waals surface area contributed by atoms with Crippen LogP contribution < -0.4 is 5.32 Å². The largest absolute Gasteiger partial charge is 0.477 e. The Labute approximate surface area is 101 Å². The highest BCUT2D eigenvalue weighted by molar-refractivity contribution is 5.85. The summed E-state index contributed by atoms with van der Waals surface area (Å²) in [7, 11) is 0. The van der Waals surface area contributed by atoms with Gasteiger partial charge >= 0.3 is 5.97 Å². The zero-order valence-electron chi connectivity index (χ0n) is 10.1. The quantitative estimate of drug-likeness (QED) is 0.709. The van der Waals surface area contributed by atoms with Gasteiger partial charge in [-0.15, -0.1) is 0 Å². The Hall–Kier alpha value is -1.62. The number of carbonyl (C=O) groups is 1. The summed E-state index contributed by atoms with van der Waals surface area (Å²) < 4.78 is 5.39. The number of nitrogens with zero attached hydrogens (tertiary/aromatic N) is 1. The molecule has 0 aromatic carbocycles. The number of nitrogens with one attached hydrogen (secondary N) is 1. The Balaban J connectivity index is 2.31. The SMILES string of the molecule is CC(C)COCCNc1cccc(C(=O)O)n1. The van der Waals surface area contributed by atoms with Gasteiger partial charge in [-0.25, -0.2) is 9.78 Å². The molecule has 1 rings (SSSR count). The minimum Gasteiger partial charge on any atom is -0.477 e. The molecule has 94 valence electrons. The maximum atomic E-state index is 10.7. The van der Waals surface area contributed by atoms with Crippen molar-refractivity contribution in [2.45, 2.75) is 13.8 Å². The highest BCUT2D eigenvalue weighted by Crippen LogP contribution is 2.04. The lowest BCUT2D eigenvalue weighted by Crippen LogP contribution is -2.13. The van der Waals surface area contributed by atoms with Crippen LogP contribution in [0.3, 0.4) is 0 Å². The third kappa shape index (κ3) is 5.31. The number of pyridine rings is 1. The fourth-order valence-corrected chi connectivity index (χ4v) is 1.22. The standard InChI is InChI=1S/C12H18N2O3/c1-9(2)8-17-7-6-13-11-5-3-4-10(14-11)12(15)16/h3-5,9H,6-8H2,1-2H3,(H,13,14)(H,15,16). The average Bonchev–Trinajstić information content (AvgIpc) is 2.28. The molecule has 0 unspecified atom stereocenters. The van der Waals surface area contributed by atoms with Gasteiger partial charge in [-0.05, 0) is 18.1 Å². The topological polar surface area (TPSA) is 71.5 Å². The van der Waals surface area contributed by atoms with Crippen LogP contribution in [0.15, 0.2) is 18.2 Å². The molecule has 1 aromatic heterocycles. The van der Waals surface area contributed by atoms with Crippen molar-refractivity contribution >= 4 is 11.8 Å². The average molecular weight is 238 g/mol. The van der Waals surface area contributed by atoms with Crippen molar-refractivity contribution in [3.05, 3.63) is 23.9 Å². The fourth-order valence-electron chi connectivity index (χ4n) is 1.22. The van der Waals surface area contributed by atoms with Crippen molar-refractivity contribution in [1.82, 2.24) is 4.98 Å². The van der Waals surface area contributed by atoms with Gasteiger partial charge in [0.2, 0.25) is 0 Å². The first-order valence-electron chi connectivity index (χ1n) is 5.61. The second-order valence-electron chi connectivity index (χ2n) is 4.11. The molecule has 0 bridgehead atoms. The van der Waals surface area contributed by atoms with Crippen LogP contribution in [-0.2, 0) is 4.74 Å². The monoisotopic (exact) mass is 238 g/mol. The van der Waals surface area contributed by atoms with Crippen LogP contribution in [0.4, 0.5) is 5.82 Å². The number of carboxylic acid groups (broad SMARTS) is 1.